The highest BCUT2D eigenvalue weighted by atomic mass is 16.7. The van der Waals surface area contributed by atoms with E-state index in [4.69, 9.17) is 11.5 Å². The van der Waals surface area contributed by atoms with E-state index in [1.807, 2.05) is 0 Å². The molecule has 0 radical (unpaired) electrons. The van der Waals surface area contributed by atoms with Crippen LogP contribution in [0.15, 0.2) is 0 Å². The maximum atomic E-state index is 10.7. The molecule has 0 aromatic carbocycles. The summed E-state index contributed by atoms with van der Waals surface area (Å²) in [6, 6.07) is 0. The van der Waals surface area contributed by atoms with Crippen molar-refractivity contribution < 1.29 is 34.5 Å². The van der Waals surface area contributed by atoms with Crippen molar-refractivity contribution >= 4 is 17.9 Å². The van der Waals surface area contributed by atoms with E-state index >= 15 is 0 Å². The maximum Gasteiger partial charge on any atom is 0.170 e. The molecule has 0 saturated heterocycles. The van der Waals surface area contributed by atoms with E-state index in [-0.39, 0.29) is 0 Å². The van der Waals surface area contributed by atoms with Crippen molar-refractivity contribution in [1.82, 2.24) is 0 Å². The van der Waals surface area contributed by atoms with Gasteiger partial charge in [-0.2, -0.15) is 0 Å². The van der Waals surface area contributed by atoms with Gasteiger partial charge in [0.1, 0.15) is 5.66 Å². The van der Waals surface area contributed by atoms with Crippen LogP contribution in [0.25, 0.3) is 0 Å². The second-order valence-corrected chi connectivity index (χ2v) is 2.94. The van der Waals surface area contributed by atoms with Gasteiger partial charge in [-0.25, -0.2) is 5.90 Å². The molecular weight excluding hydrogens is 226 g/mol. The fourth-order valence-corrected chi connectivity index (χ4v) is 0.943. The molecule has 0 fully saturated rings. The van der Waals surface area contributed by atoms with Gasteiger partial charge in [0.05, 0.1) is 11.9 Å². The third kappa shape index (κ3) is 2.09. The Morgan fingerprint density at radius 3 is 1.69 bits per heavy atom. The quantitative estimate of drug-likeness (QED) is 0.292. The van der Waals surface area contributed by atoms with Gasteiger partial charge in [-0.15, -0.1) is 0 Å². The number of carbonyl (C=O) groups excluding carboxylic acids is 3. The average molecular weight is 234 g/mol. The van der Waals surface area contributed by atoms with E-state index in [0.717, 1.165) is 0 Å². The first-order valence-electron chi connectivity index (χ1n) is 3.70. The number of hydrogen-bond donors (Lipinski definition) is 3. The molecule has 0 heterocycles. The van der Waals surface area contributed by atoms with Gasteiger partial charge in [-0.1, -0.05) is 0 Å². The molecule has 10 heteroatoms. The zero-order valence-corrected chi connectivity index (χ0v) is 7.80. The molecule has 0 rings (SSSR count). The van der Waals surface area contributed by atoms with Crippen LogP contribution in [0.3, 0.4) is 0 Å². The zero-order valence-electron chi connectivity index (χ0n) is 7.80. The predicted molar refractivity (Wildman–Crippen MR) is 38.7 cm³/mol. The van der Waals surface area contributed by atoms with Crippen LogP contribution in [-0.4, -0.2) is 29.2 Å². The Balaban J connectivity index is 5.62. The van der Waals surface area contributed by atoms with E-state index in [1.54, 1.807) is 0 Å². The Bertz CT molecular complexity index is 328. The van der Waals surface area contributed by atoms with Gasteiger partial charge < -0.3 is 41.2 Å². The topological polar surface area (TPSA) is 208 Å². The summed E-state index contributed by atoms with van der Waals surface area (Å²) in [7, 11) is 0. The Kier molecular flexibility index (Phi) is 3.92. The molecule has 0 amide bonds. The molecule has 0 saturated carbocycles. The van der Waals surface area contributed by atoms with Gasteiger partial charge in [0.15, 0.2) is 5.60 Å². The zero-order chi connectivity index (χ0) is 13.1. The van der Waals surface area contributed by atoms with Crippen molar-refractivity contribution in [3.8, 4) is 0 Å². The minimum absolute atomic E-state index is 1.52. The van der Waals surface area contributed by atoms with E-state index in [9.17, 15) is 29.7 Å². The minimum Gasteiger partial charge on any atom is -0.550 e. The van der Waals surface area contributed by atoms with Gasteiger partial charge in [0, 0.05) is 12.4 Å². The van der Waals surface area contributed by atoms with Crippen LogP contribution in [0.4, 0.5) is 0 Å². The lowest BCUT2D eigenvalue weighted by atomic mass is 9.85. The normalized spacial score (nSPS) is 15.2. The monoisotopic (exact) mass is 234 g/mol. The Hall–Kier alpha value is -1.75. The van der Waals surface area contributed by atoms with Gasteiger partial charge in [-0.3, -0.25) is 4.84 Å². The third-order valence-electron chi connectivity index (χ3n) is 1.93. The van der Waals surface area contributed by atoms with Gasteiger partial charge in [0.25, 0.3) is 0 Å². The number of aliphatic carboxylic acids is 3. The predicted octanol–water partition coefficient (Wildman–Crippen LogP) is -7.13. The molecular formula is C6H8N3O7-3. The second-order valence-electron chi connectivity index (χ2n) is 2.94. The average Bonchev–Trinajstić information content (AvgIpc) is 2.12. The Morgan fingerprint density at radius 2 is 1.50 bits per heavy atom. The standard InChI is InChI=1S/C6H11N3O7/c7-6(8,4(14)15)5(16-9,3(12)13)1-2(10)11/h1,7-9H2,(H,10,11)(H,12,13)(H,14,15)/p-3. The molecule has 0 aliphatic rings. The molecule has 16 heavy (non-hydrogen) atoms. The number of carboxylic acids is 3. The summed E-state index contributed by atoms with van der Waals surface area (Å²) in [5.74, 6) is -2.10. The van der Waals surface area contributed by atoms with E-state index in [2.05, 4.69) is 10.7 Å². The summed E-state index contributed by atoms with van der Waals surface area (Å²) >= 11 is 0. The van der Waals surface area contributed by atoms with E-state index in [1.165, 1.54) is 0 Å². The minimum atomic E-state index is -3.21. The van der Waals surface area contributed by atoms with Crippen molar-refractivity contribution in [2.45, 2.75) is 17.7 Å². The first-order chi connectivity index (χ1) is 7.11. The van der Waals surface area contributed by atoms with Crippen LogP contribution >= 0.6 is 0 Å². The number of rotatable bonds is 6. The van der Waals surface area contributed by atoms with Gasteiger partial charge in [0.2, 0.25) is 0 Å². The molecule has 0 spiro atoms. The van der Waals surface area contributed by atoms with Gasteiger partial charge in [-0.05, 0) is 0 Å². The number of carboxylic acid groups (broad SMARTS) is 3. The lowest BCUT2D eigenvalue weighted by Crippen LogP contribution is -2.81. The molecule has 10 nitrogen and oxygen atoms in total. The van der Waals surface area contributed by atoms with Crippen molar-refractivity contribution in [3.05, 3.63) is 0 Å². The van der Waals surface area contributed by atoms with Crippen molar-refractivity contribution in [2.75, 3.05) is 0 Å². The fourth-order valence-electron chi connectivity index (χ4n) is 0.943. The molecule has 1 atom stereocenters. The van der Waals surface area contributed by atoms with E-state index in [0.29, 0.717) is 0 Å². The highest BCUT2D eigenvalue weighted by molar-refractivity contribution is 5.92. The molecule has 0 aromatic rings. The van der Waals surface area contributed by atoms with Crippen LogP contribution in [0, 0.1) is 0 Å². The molecule has 0 bridgehead atoms. The SMILES string of the molecule is NOC(CC(=O)[O-])(C(=O)[O-])C(N)(N)C(=O)[O-]. The van der Waals surface area contributed by atoms with Crippen molar-refractivity contribution in [1.29, 1.82) is 0 Å². The molecule has 0 aliphatic carbocycles. The number of hydrogen-bond acceptors (Lipinski definition) is 10. The summed E-state index contributed by atoms with van der Waals surface area (Å²) in [6.45, 7) is 0. The number of carbonyl (C=O) groups is 3. The molecule has 0 aromatic heterocycles. The summed E-state index contributed by atoms with van der Waals surface area (Å²) in [5.41, 5.74) is 3.38. The van der Waals surface area contributed by atoms with Crippen molar-refractivity contribution in [3.63, 3.8) is 0 Å². The molecule has 1 unspecified atom stereocenters. The third-order valence-corrected chi connectivity index (χ3v) is 1.93. The van der Waals surface area contributed by atoms with Crippen LogP contribution in [0.1, 0.15) is 6.42 Å². The highest BCUT2D eigenvalue weighted by Gasteiger charge is 2.51. The number of nitrogens with two attached hydrogens (primary N) is 3. The molecule has 6 N–H and O–H groups in total. The molecule has 0 aliphatic heterocycles. The summed E-state index contributed by atoms with van der Waals surface area (Å²) in [4.78, 5) is 35.3. The van der Waals surface area contributed by atoms with Crippen LogP contribution in [-0.2, 0) is 19.2 Å². The first-order valence-corrected chi connectivity index (χ1v) is 3.70. The van der Waals surface area contributed by atoms with Crippen LogP contribution in [0.5, 0.6) is 0 Å². The molecule has 92 valence electrons. The fraction of sp³-hybridized carbons (Fsp3) is 0.500. The maximum absolute atomic E-state index is 10.7. The van der Waals surface area contributed by atoms with Gasteiger partial charge >= 0.3 is 0 Å². The largest absolute Gasteiger partial charge is 0.550 e. The van der Waals surface area contributed by atoms with Crippen molar-refractivity contribution in [2.24, 2.45) is 17.4 Å². The first kappa shape index (κ1) is 14.2. The summed E-state index contributed by atoms with van der Waals surface area (Å²) in [6.07, 6.45) is -1.52. The Morgan fingerprint density at radius 1 is 1.06 bits per heavy atom. The Labute approximate surface area is 88.5 Å². The summed E-state index contributed by atoms with van der Waals surface area (Å²) < 4.78 is 0. The smallest absolute Gasteiger partial charge is 0.170 e. The lowest BCUT2D eigenvalue weighted by Gasteiger charge is -2.45. The second kappa shape index (κ2) is 4.40. The van der Waals surface area contributed by atoms with E-state index < -0.39 is 35.6 Å². The highest BCUT2D eigenvalue weighted by Crippen LogP contribution is 2.22. The van der Waals surface area contributed by atoms with Crippen LogP contribution in [0.2, 0.25) is 0 Å². The lowest BCUT2D eigenvalue weighted by molar-refractivity contribution is -0.352. The summed E-state index contributed by atoms with van der Waals surface area (Å²) in [5, 5.41) is 31.5. The van der Waals surface area contributed by atoms with Crippen LogP contribution < -0.4 is 32.7 Å².